The second-order valence-corrected chi connectivity index (χ2v) is 10.9. The number of aromatic amines is 1. The number of rotatable bonds is 17. The highest BCUT2D eigenvalue weighted by Gasteiger charge is 2.37. The predicted molar refractivity (Wildman–Crippen MR) is 161 cm³/mol. The summed E-state index contributed by atoms with van der Waals surface area (Å²) in [5, 5.41) is 10.1. The lowest BCUT2D eigenvalue weighted by Gasteiger charge is -2.27. The lowest BCUT2D eigenvalue weighted by atomic mass is 9.98. The molecule has 0 radical (unpaired) electrons. The Kier molecular flexibility index (Phi) is 11.7. The number of hydrogen-bond acceptors (Lipinski definition) is 6. The van der Waals surface area contributed by atoms with Gasteiger partial charge in [0.05, 0.1) is 6.33 Å². The van der Waals surface area contributed by atoms with E-state index in [1.165, 1.54) is 31.8 Å². The van der Waals surface area contributed by atoms with E-state index in [1.807, 2.05) is 48.5 Å². The van der Waals surface area contributed by atoms with E-state index >= 15 is 0 Å². The van der Waals surface area contributed by atoms with Crippen LogP contribution in [0.3, 0.4) is 0 Å². The van der Waals surface area contributed by atoms with Gasteiger partial charge in [-0.25, -0.2) is 19.5 Å². The van der Waals surface area contributed by atoms with Gasteiger partial charge in [0.25, 0.3) is 0 Å². The Labute approximate surface area is 247 Å². The summed E-state index contributed by atoms with van der Waals surface area (Å²) in [4.78, 5) is 46.9. The van der Waals surface area contributed by atoms with Crippen molar-refractivity contribution in [2.45, 2.75) is 82.6 Å². The number of fused-ring (bicyclic) bond motifs is 3. The number of carboxylic acid groups (broad SMARTS) is 1. The maximum atomic E-state index is 13.5. The third kappa shape index (κ3) is 8.06. The Morgan fingerprint density at radius 3 is 2.00 bits per heavy atom. The zero-order valence-corrected chi connectivity index (χ0v) is 24.2. The summed E-state index contributed by atoms with van der Waals surface area (Å²) in [6, 6.07) is 14.5. The molecule has 0 fully saturated rings. The van der Waals surface area contributed by atoms with Crippen molar-refractivity contribution in [3.63, 3.8) is 0 Å². The number of imide groups is 1. The van der Waals surface area contributed by atoms with E-state index in [1.54, 1.807) is 0 Å². The van der Waals surface area contributed by atoms with Gasteiger partial charge >= 0.3 is 12.1 Å². The van der Waals surface area contributed by atoms with Gasteiger partial charge in [-0.2, -0.15) is 0 Å². The molecule has 1 aliphatic rings. The largest absolute Gasteiger partial charge is 0.480 e. The molecule has 9 nitrogen and oxygen atoms in total. The van der Waals surface area contributed by atoms with Gasteiger partial charge in [0.2, 0.25) is 5.91 Å². The molecule has 0 saturated heterocycles. The number of carbonyl (C=O) groups is 3. The Bertz CT molecular complexity index is 1260. The number of benzene rings is 2. The molecular formula is C33H42N4O5. The van der Waals surface area contributed by atoms with Gasteiger partial charge in [0.1, 0.15) is 12.6 Å². The van der Waals surface area contributed by atoms with E-state index in [9.17, 15) is 19.5 Å². The Morgan fingerprint density at radius 2 is 1.45 bits per heavy atom. The number of carboxylic acids is 1. The van der Waals surface area contributed by atoms with Crippen LogP contribution in [0.2, 0.25) is 0 Å². The van der Waals surface area contributed by atoms with Crippen LogP contribution in [0.4, 0.5) is 4.79 Å². The number of hydrogen-bond donors (Lipinski definition) is 3. The number of nitrogens with zero attached hydrogens (tertiary/aromatic N) is 2. The van der Waals surface area contributed by atoms with Crippen LogP contribution in [0.25, 0.3) is 11.1 Å². The molecule has 1 aromatic heterocycles. The minimum atomic E-state index is -1.41. The first kappa shape index (κ1) is 31.0. The normalized spacial score (nSPS) is 12.9. The van der Waals surface area contributed by atoms with Crippen molar-refractivity contribution >= 4 is 18.0 Å². The van der Waals surface area contributed by atoms with E-state index in [0.29, 0.717) is 12.1 Å². The Morgan fingerprint density at radius 1 is 0.881 bits per heavy atom. The van der Waals surface area contributed by atoms with Crippen LogP contribution in [0, 0.1) is 0 Å². The molecule has 4 N–H and O–H groups in total. The summed E-state index contributed by atoms with van der Waals surface area (Å²) in [5.41, 5.74) is 10.3. The molecule has 0 unspecified atom stereocenters. The molecule has 4 rings (SSSR count). The van der Waals surface area contributed by atoms with E-state index in [4.69, 9.17) is 10.5 Å². The van der Waals surface area contributed by atoms with Crippen LogP contribution in [0.15, 0.2) is 61.1 Å². The van der Waals surface area contributed by atoms with Crippen molar-refractivity contribution < 1.29 is 24.2 Å². The van der Waals surface area contributed by atoms with Crippen LogP contribution in [0.1, 0.15) is 86.9 Å². The molecule has 0 saturated carbocycles. The van der Waals surface area contributed by atoms with Gasteiger partial charge in [-0.15, -0.1) is 0 Å². The zero-order chi connectivity index (χ0) is 29.7. The van der Waals surface area contributed by atoms with Crippen molar-refractivity contribution in [2.24, 2.45) is 5.73 Å². The minimum Gasteiger partial charge on any atom is -0.480 e. The van der Waals surface area contributed by atoms with Crippen molar-refractivity contribution in [2.75, 3.05) is 13.2 Å². The quantitative estimate of drug-likeness (QED) is 0.167. The average Bonchev–Trinajstić information content (AvgIpc) is 3.62. The SMILES string of the molecule is NCCCCCCCCCCCC(=O)N(C(=O)OCC1c2ccccc2-c2ccccc21)[C@@H](Cc1cnc[nH]1)C(=O)O. The van der Waals surface area contributed by atoms with Crippen molar-refractivity contribution in [1.29, 1.82) is 0 Å². The second kappa shape index (κ2) is 15.9. The number of aromatic nitrogens is 2. The van der Waals surface area contributed by atoms with Gasteiger partial charge in [-0.3, -0.25) is 4.79 Å². The van der Waals surface area contributed by atoms with Crippen molar-refractivity contribution in [1.82, 2.24) is 14.9 Å². The molecule has 1 atom stereocenters. The number of aliphatic carboxylic acids is 1. The fourth-order valence-corrected chi connectivity index (χ4v) is 5.74. The minimum absolute atomic E-state index is 0.00167. The summed E-state index contributed by atoms with van der Waals surface area (Å²) in [6.45, 7) is 0.740. The van der Waals surface area contributed by atoms with E-state index in [-0.39, 0.29) is 25.4 Å². The van der Waals surface area contributed by atoms with E-state index in [0.717, 1.165) is 65.8 Å². The molecule has 0 aliphatic heterocycles. The smallest absolute Gasteiger partial charge is 0.417 e. The number of imidazole rings is 1. The first-order chi connectivity index (χ1) is 20.5. The molecule has 1 aliphatic carbocycles. The standard InChI is InChI=1S/C33H42N4O5/c34-19-13-7-5-3-1-2-4-6-8-18-31(38)37(30(32(39)40)20-24-21-35-23-36-24)33(41)42-22-29-27-16-11-9-14-25(27)26-15-10-12-17-28(26)29/h9-12,14-17,21,23,29-30H,1-8,13,18-20,22,34H2,(H,35,36)(H,39,40)/t30-/m0/s1. The third-order valence-corrected chi connectivity index (χ3v) is 7.96. The van der Waals surface area contributed by atoms with Crippen LogP contribution >= 0.6 is 0 Å². The number of ether oxygens (including phenoxy) is 1. The topological polar surface area (TPSA) is 139 Å². The highest BCUT2D eigenvalue weighted by atomic mass is 16.6. The summed E-state index contributed by atoms with van der Waals surface area (Å²) in [6.07, 6.45) is 11.2. The highest BCUT2D eigenvalue weighted by Crippen LogP contribution is 2.44. The molecule has 2 amide bonds. The fraction of sp³-hybridized carbons (Fsp3) is 0.455. The lowest BCUT2D eigenvalue weighted by molar-refractivity contribution is -0.148. The van der Waals surface area contributed by atoms with Crippen molar-refractivity contribution in [3.05, 3.63) is 77.9 Å². The first-order valence-corrected chi connectivity index (χ1v) is 15.1. The number of amides is 2. The molecule has 0 bridgehead atoms. The second-order valence-electron chi connectivity index (χ2n) is 10.9. The molecule has 42 heavy (non-hydrogen) atoms. The van der Waals surface area contributed by atoms with Gasteiger partial charge in [-0.05, 0) is 41.6 Å². The molecule has 224 valence electrons. The molecule has 9 heteroatoms. The predicted octanol–water partition coefficient (Wildman–Crippen LogP) is 6.04. The molecular weight excluding hydrogens is 532 g/mol. The summed E-state index contributed by atoms with van der Waals surface area (Å²) in [5.74, 6) is -2.02. The molecule has 3 aromatic rings. The molecule has 2 aromatic carbocycles. The number of H-pyrrole nitrogens is 1. The third-order valence-electron chi connectivity index (χ3n) is 7.96. The van der Waals surface area contributed by atoms with Gasteiger partial charge in [0.15, 0.2) is 0 Å². The highest BCUT2D eigenvalue weighted by molar-refractivity contribution is 5.96. The van der Waals surface area contributed by atoms with Crippen LogP contribution in [-0.4, -0.2) is 57.1 Å². The maximum absolute atomic E-state index is 13.5. The van der Waals surface area contributed by atoms with E-state index in [2.05, 4.69) is 9.97 Å². The first-order valence-electron chi connectivity index (χ1n) is 15.1. The number of nitrogens with two attached hydrogens (primary N) is 1. The Hall–Kier alpha value is -3.98. The average molecular weight is 575 g/mol. The Balaban J connectivity index is 1.39. The van der Waals surface area contributed by atoms with Crippen LogP contribution < -0.4 is 5.73 Å². The fourth-order valence-electron chi connectivity index (χ4n) is 5.74. The summed E-state index contributed by atoms with van der Waals surface area (Å²) < 4.78 is 5.74. The maximum Gasteiger partial charge on any atom is 0.417 e. The number of nitrogens with one attached hydrogen (secondary N) is 1. The molecule has 0 spiro atoms. The molecule has 1 heterocycles. The van der Waals surface area contributed by atoms with Crippen molar-refractivity contribution in [3.8, 4) is 11.1 Å². The van der Waals surface area contributed by atoms with Crippen LogP contribution in [-0.2, 0) is 20.7 Å². The summed E-state index contributed by atoms with van der Waals surface area (Å²) in [7, 11) is 0. The van der Waals surface area contributed by atoms with Gasteiger partial charge in [-0.1, -0.05) is 93.5 Å². The van der Waals surface area contributed by atoms with Crippen LogP contribution in [0.5, 0.6) is 0 Å². The van der Waals surface area contributed by atoms with E-state index < -0.39 is 24.0 Å². The lowest BCUT2D eigenvalue weighted by Crippen LogP contribution is -2.50. The monoisotopic (exact) mass is 574 g/mol. The van der Waals surface area contributed by atoms with Gasteiger partial charge in [0, 0.05) is 30.7 Å². The summed E-state index contributed by atoms with van der Waals surface area (Å²) >= 11 is 0. The number of unbranched alkanes of at least 4 members (excludes halogenated alkanes) is 8. The zero-order valence-electron chi connectivity index (χ0n) is 24.2. The number of carbonyl (C=O) groups excluding carboxylic acids is 2. The van der Waals surface area contributed by atoms with Gasteiger partial charge < -0.3 is 20.6 Å².